The Balaban J connectivity index is 1.98. The number of carbonyl (C=O) groups is 1. The Labute approximate surface area is 186 Å². The zero-order valence-corrected chi connectivity index (χ0v) is 18.5. The van der Waals surface area contributed by atoms with Crippen molar-refractivity contribution in [1.29, 1.82) is 0 Å². The maximum absolute atomic E-state index is 11.9. The van der Waals surface area contributed by atoms with Crippen LogP contribution in [0.15, 0.2) is 48.7 Å². The van der Waals surface area contributed by atoms with Crippen molar-refractivity contribution in [3.05, 3.63) is 54.2 Å². The first-order chi connectivity index (χ1) is 15.4. The number of anilines is 3. The fourth-order valence-corrected chi connectivity index (χ4v) is 3.01. The Bertz CT molecular complexity index is 1060. The first kappa shape index (κ1) is 23.0. The van der Waals surface area contributed by atoms with Gasteiger partial charge in [0.05, 0.1) is 38.3 Å². The number of nitrogens with one attached hydrogen (secondary N) is 2. The summed E-state index contributed by atoms with van der Waals surface area (Å²) in [5, 5.41) is 16.1. The van der Waals surface area contributed by atoms with Gasteiger partial charge in [0, 0.05) is 24.0 Å². The molecule has 9 nitrogen and oxygen atoms in total. The standard InChI is InChI=1S/C23H27N5O4/c1-14(2)19(13-29)27-23-26-18(17-7-5-6-10-24-17)12-21(28-23)25-15-8-9-16(22(30)32-4)20(11-15)31-3/h5-12,14,19,29H,13H2,1-4H3,(H2,25,26,27,28)/t19-/m0/s1. The molecule has 0 aliphatic heterocycles. The Morgan fingerprint density at radius 1 is 1.09 bits per heavy atom. The summed E-state index contributed by atoms with van der Waals surface area (Å²) in [5.74, 6) is 0.939. The molecule has 0 aliphatic carbocycles. The summed E-state index contributed by atoms with van der Waals surface area (Å²) in [4.78, 5) is 25.4. The van der Waals surface area contributed by atoms with Crippen LogP contribution in [0.2, 0.25) is 0 Å². The number of methoxy groups -OCH3 is 2. The van der Waals surface area contributed by atoms with Crippen molar-refractivity contribution in [2.45, 2.75) is 19.9 Å². The van der Waals surface area contributed by atoms with E-state index in [-0.39, 0.29) is 18.6 Å². The minimum atomic E-state index is -0.483. The van der Waals surface area contributed by atoms with E-state index < -0.39 is 5.97 Å². The van der Waals surface area contributed by atoms with Gasteiger partial charge in [-0.1, -0.05) is 19.9 Å². The largest absolute Gasteiger partial charge is 0.496 e. The molecule has 3 N–H and O–H groups in total. The van der Waals surface area contributed by atoms with Gasteiger partial charge < -0.3 is 25.2 Å². The second-order valence-electron chi connectivity index (χ2n) is 7.39. The highest BCUT2D eigenvalue weighted by Gasteiger charge is 2.17. The molecule has 0 radical (unpaired) electrons. The van der Waals surface area contributed by atoms with Crippen molar-refractivity contribution >= 4 is 23.4 Å². The van der Waals surface area contributed by atoms with E-state index in [1.54, 1.807) is 30.5 Å². The molecular weight excluding hydrogens is 410 g/mol. The number of aliphatic hydroxyl groups is 1. The van der Waals surface area contributed by atoms with Crippen LogP contribution in [0.5, 0.6) is 5.75 Å². The number of rotatable bonds is 9. The Kier molecular flexibility index (Phi) is 7.56. The molecule has 1 aromatic carbocycles. The smallest absolute Gasteiger partial charge is 0.341 e. The molecular formula is C23H27N5O4. The summed E-state index contributed by atoms with van der Waals surface area (Å²) >= 11 is 0. The third kappa shape index (κ3) is 5.50. The molecule has 1 atom stereocenters. The Hall–Kier alpha value is -3.72. The number of aliphatic hydroxyl groups excluding tert-OH is 1. The lowest BCUT2D eigenvalue weighted by Gasteiger charge is -2.20. The number of carbonyl (C=O) groups excluding carboxylic acids is 1. The lowest BCUT2D eigenvalue weighted by atomic mass is 10.1. The molecule has 0 amide bonds. The van der Waals surface area contributed by atoms with Gasteiger partial charge in [0.1, 0.15) is 17.1 Å². The number of aromatic nitrogens is 3. The Morgan fingerprint density at radius 3 is 2.53 bits per heavy atom. The van der Waals surface area contributed by atoms with Gasteiger partial charge in [0.15, 0.2) is 0 Å². The minimum absolute atomic E-state index is 0.0518. The summed E-state index contributed by atoms with van der Waals surface area (Å²) in [6, 6.07) is 12.2. The fraction of sp³-hybridized carbons (Fsp3) is 0.304. The maximum atomic E-state index is 11.9. The molecule has 168 valence electrons. The summed E-state index contributed by atoms with van der Waals surface area (Å²) in [6.07, 6.45) is 1.69. The number of benzene rings is 1. The van der Waals surface area contributed by atoms with Crippen LogP contribution in [0.1, 0.15) is 24.2 Å². The molecule has 2 heterocycles. The van der Waals surface area contributed by atoms with Crippen molar-refractivity contribution in [3.8, 4) is 17.1 Å². The molecule has 0 spiro atoms. The van der Waals surface area contributed by atoms with E-state index in [2.05, 4.69) is 25.6 Å². The van der Waals surface area contributed by atoms with Gasteiger partial charge in [0.25, 0.3) is 0 Å². The van der Waals surface area contributed by atoms with Crippen molar-refractivity contribution in [2.75, 3.05) is 31.5 Å². The monoisotopic (exact) mass is 437 g/mol. The van der Waals surface area contributed by atoms with Gasteiger partial charge in [0.2, 0.25) is 5.95 Å². The highest BCUT2D eigenvalue weighted by molar-refractivity contribution is 5.93. The molecule has 0 fully saturated rings. The molecule has 2 aromatic heterocycles. The molecule has 0 saturated carbocycles. The van der Waals surface area contributed by atoms with Gasteiger partial charge in [-0.15, -0.1) is 0 Å². The third-order valence-corrected chi connectivity index (χ3v) is 4.85. The van der Waals surface area contributed by atoms with E-state index in [1.165, 1.54) is 14.2 Å². The van der Waals surface area contributed by atoms with Gasteiger partial charge in [-0.25, -0.2) is 9.78 Å². The molecule has 0 aliphatic rings. The second-order valence-corrected chi connectivity index (χ2v) is 7.39. The van der Waals surface area contributed by atoms with Gasteiger partial charge >= 0.3 is 5.97 Å². The molecule has 0 unspecified atom stereocenters. The van der Waals surface area contributed by atoms with Crippen LogP contribution in [0.25, 0.3) is 11.4 Å². The number of hydrogen-bond donors (Lipinski definition) is 3. The van der Waals surface area contributed by atoms with E-state index in [9.17, 15) is 9.90 Å². The first-order valence-electron chi connectivity index (χ1n) is 10.2. The number of hydrogen-bond acceptors (Lipinski definition) is 9. The van der Waals surface area contributed by atoms with Crippen molar-refractivity contribution in [1.82, 2.24) is 15.0 Å². The average molecular weight is 438 g/mol. The van der Waals surface area contributed by atoms with Gasteiger partial charge in [-0.2, -0.15) is 4.98 Å². The number of esters is 1. The minimum Gasteiger partial charge on any atom is -0.496 e. The first-order valence-corrected chi connectivity index (χ1v) is 10.2. The summed E-state index contributed by atoms with van der Waals surface area (Å²) in [7, 11) is 2.80. The van der Waals surface area contributed by atoms with Crippen LogP contribution in [0, 0.1) is 5.92 Å². The number of ether oxygens (including phenoxy) is 2. The van der Waals surface area contributed by atoms with Crippen molar-refractivity contribution < 1.29 is 19.4 Å². The lowest BCUT2D eigenvalue weighted by Crippen LogP contribution is -2.30. The van der Waals surface area contributed by atoms with Crippen LogP contribution >= 0.6 is 0 Å². The third-order valence-electron chi connectivity index (χ3n) is 4.85. The quantitative estimate of drug-likeness (QED) is 0.432. The predicted octanol–water partition coefficient (Wildman–Crippen LogP) is 3.51. The second kappa shape index (κ2) is 10.5. The van der Waals surface area contributed by atoms with Crippen LogP contribution < -0.4 is 15.4 Å². The van der Waals surface area contributed by atoms with Crippen LogP contribution in [-0.2, 0) is 4.74 Å². The highest BCUT2D eigenvalue weighted by Crippen LogP contribution is 2.27. The van der Waals surface area contributed by atoms with Crippen molar-refractivity contribution in [2.24, 2.45) is 5.92 Å². The zero-order valence-electron chi connectivity index (χ0n) is 18.5. The fourth-order valence-electron chi connectivity index (χ4n) is 3.01. The number of pyridine rings is 1. The van der Waals surface area contributed by atoms with E-state index in [4.69, 9.17) is 9.47 Å². The number of nitrogens with zero attached hydrogens (tertiary/aromatic N) is 3. The van der Waals surface area contributed by atoms with Crippen molar-refractivity contribution in [3.63, 3.8) is 0 Å². The lowest BCUT2D eigenvalue weighted by molar-refractivity contribution is 0.0597. The van der Waals surface area contributed by atoms with E-state index >= 15 is 0 Å². The van der Waals surface area contributed by atoms with Gasteiger partial charge in [-0.05, 0) is 30.2 Å². The molecule has 3 aromatic rings. The molecule has 9 heteroatoms. The molecule has 0 saturated heterocycles. The summed E-state index contributed by atoms with van der Waals surface area (Å²) in [5.41, 5.74) is 2.28. The predicted molar refractivity (Wildman–Crippen MR) is 122 cm³/mol. The highest BCUT2D eigenvalue weighted by atomic mass is 16.5. The molecule has 0 bridgehead atoms. The molecule has 3 rings (SSSR count). The molecule has 32 heavy (non-hydrogen) atoms. The van der Waals surface area contributed by atoms with E-state index in [0.717, 1.165) is 0 Å². The summed E-state index contributed by atoms with van der Waals surface area (Å²) in [6.45, 7) is 3.96. The van der Waals surface area contributed by atoms with E-state index in [1.807, 2.05) is 32.0 Å². The van der Waals surface area contributed by atoms with Crippen LogP contribution in [-0.4, -0.2) is 52.9 Å². The van der Waals surface area contributed by atoms with Crippen LogP contribution in [0.3, 0.4) is 0 Å². The maximum Gasteiger partial charge on any atom is 0.341 e. The van der Waals surface area contributed by atoms with Crippen LogP contribution in [0.4, 0.5) is 17.5 Å². The SMILES string of the molecule is COC(=O)c1ccc(Nc2cc(-c3ccccn3)nc(N[C@@H](CO)C(C)C)n2)cc1OC. The average Bonchev–Trinajstić information content (AvgIpc) is 2.82. The van der Waals surface area contributed by atoms with Gasteiger partial charge in [-0.3, -0.25) is 4.98 Å². The summed E-state index contributed by atoms with van der Waals surface area (Å²) < 4.78 is 10.1. The normalized spacial score (nSPS) is 11.7. The van der Waals surface area contributed by atoms with E-state index in [0.29, 0.717) is 40.2 Å². The zero-order chi connectivity index (χ0) is 23.1. The topological polar surface area (TPSA) is 118 Å². The Morgan fingerprint density at radius 2 is 1.91 bits per heavy atom.